The van der Waals surface area contributed by atoms with Crippen LogP contribution >= 0.6 is 0 Å². The zero-order chi connectivity index (χ0) is 19.1. The largest absolute Gasteiger partial charge is 0.497 e. The van der Waals surface area contributed by atoms with E-state index < -0.39 is 0 Å². The molecule has 140 valence electrons. The molecule has 0 bridgehead atoms. The van der Waals surface area contributed by atoms with Gasteiger partial charge in [-0.05, 0) is 55.0 Å². The van der Waals surface area contributed by atoms with Crippen molar-refractivity contribution >= 4 is 5.91 Å². The van der Waals surface area contributed by atoms with Gasteiger partial charge in [-0.15, -0.1) is 0 Å². The van der Waals surface area contributed by atoms with Gasteiger partial charge in [-0.2, -0.15) is 5.10 Å². The van der Waals surface area contributed by atoms with Crippen LogP contribution in [0.4, 0.5) is 0 Å². The molecule has 1 amide bonds. The second-order valence-electron chi connectivity index (χ2n) is 6.01. The highest BCUT2D eigenvalue weighted by Crippen LogP contribution is 2.18. The lowest BCUT2D eigenvalue weighted by atomic mass is 10.1. The zero-order valence-corrected chi connectivity index (χ0v) is 15.5. The molecule has 3 rings (SSSR count). The molecule has 0 saturated carbocycles. The Bertz CT molecular complexity index is 870. The van der Waals surface area contributed by atoms with Crippen LogP contribution in [0.15, 0.2) is 60.8 Å². The van der Waals surface area contributed by atoms with Crippen LogP contribution in [0.1, 0.15) is 28.5 Å². The predicted molar refractivity (Wildman–Crippen MR) is 103 cm³/mol. The van der Waals surface area contributed by atoms with Gasteiger partial charge in [-0.25, -0.2) is 0 Å². The first-order valence-electron chi connectivity index (χ1n) is 8.84. The SMILES string of the molecule is CCn1ccc(CNC(=O)c2ccc(COc3ccc(OC)cc3)cc2)n1. The molecule has 1 N–H and O–H groups in total. The van der Waals surface area contributed by atoms with Gasteiger partial charge in [0, 0.05) is 18.3 Å². The topological polar surface area (TPSA) is 65.4 Å². The Morgan fingerprint density at radius 1 is 1.04 bits per heavy atom. The minimum absolute atomic E-state index is 0.122. The van der Waals surface area contributed by atoms with Crippen molar-refractivity contribution in [3.63, 3.8) is 0 Å². The Balaban J connectivity index is 1.50. The van der Waals surface area contributed by atoms with Gasteiger partial charge in [0.05, 0.1) is 19.3 Å². The first-order valence-corrected chi connectivity index (χ1v) is 8.84. The number of hydrogen-bond donors (Lipinski definition) is 1. The molecule has 2 aromatic carbocycles. The maximum atomic E-state index is 12.3. The van der Waals surface area contributed by atoms with E-state index in [9.17, 15) is 4.79 Å². The number of rotatable bonds is 8. The molecule has 0 fully saturated rings. The van der Waals surface area contributed by atoms with E-state index in [1.165, 1.54) is 0 Å². The highest BCUT2D eigenvalue weighted by molar-refractivity contribution is 5.94. The van der Waals surface area contributed by atoms with Crippen molar-refractivity contribution < 1.29 is 14.3 Å². The van der Waals surface area contributed by atoms with Gasteiger partial charge in [-0.3, -0.25) is 9.48 Å². The second kappa shape index (κ2) is 8.89. The molecule has 27 heavy (non-hydrogen) atoms. The molecular weight excluding hydrogens is 342 g/mol. The average Bonchev–Trinajstić information content (AvgIpc) is 3.19. The average molecular weight is 365 g/mol. The Kier molecular flexibility index (Phi) is 6.10. The standard InChI is InChI=1S/C21H23N3O3/c1-3-24-13-12-18(23-24)14-22-21(25)17-6-4-16(5-7-17)15-27-20-10-8-19(26-2)9-11-20/h4-13H,3,14-15H2,1-2H3,(H,22,25). The third-order valence-electron chi connectivity index (χ3n) is 4.13. The number of carbonyl (C=O) groups is 1. The third kappa shape index (κ3) is 5.10. The van der Waals surface area contributed by atoms with Crippen molar-refractivity contribution in [2.24, 2.45) is 0 Å². The second-order valence-corrected chi connectivity index (χ2v) is 6.01. The van der Waals surface area contributed by atoms with E-state index in [1.54, 1.807) is 19.2 Å². The Morgan fingerprint density at radius 2 is 1.74 bits per heavy atom. The summed E-state index contributed by atoms with van der Waals surface area (Å²) < 4.78 is 12.7. The van der Waals surface area contributed by atoms with Crippen molar-refractivity contribution in [1.29, 1.82) is 0 Å². The molecule has 0 aliphatic carbocycles. The molecule has 1 heterocycles. The summed E-state index contributed by atoms with van der Waals surface area (Å²) in [4.78, 5) is 12.3. The van der Waals surface area contributed by atoms with Crippen LogP contribution in [0.5, 0.6) is 11.5 Å². The Hall–Kier alpha value is -3.28. The van der Waals surface area contributed by atoms with Gasteiger partial charge in [0.15, 0.2) is 0 Å². The van der Waals surface area contributed by atoms with Crippen LogP contribution in [0.3, 0.4) is 0 Å². The quantitative estimate of drug-likeness (QED) is 0.664. The molecule has 0 aliphatic heterocycles. The number of nitrogens with one attached hydrogen (secondary N) is 1. The van der Waals surface area contributed by atoms with Crippen molar-refractivity contribution in [2.75, 3.05) is 7.11 Å². The number of nitrogens with zero attached hydrogens (tertiary/aromatic N) is 2. The fourth-order valence-corrected chi connectivity index (χ4v) is 2.54. The van der Waals surface area contributed by atoms with E-state index in [1.807, 2.05) is 60.3 Å². The summed E-state index contributed by atoms with van der Waals surface area (Å²) in [5.41, 5.74) is 2.44. The van der Waals surface area contributed by atoms with Gasteiger partial charge in [-0.1, -0.05) is 12.1 Å². The van der Waals surface area contributed by atoms with E-state index in [2.05, 4.69) is 10.4 Å². The van der Waals surface area contributed by atoms with E-state index in [-0.39, 0.29) is 5.91 Å². The molecule has 0 radical (unpaired) electrons. The summed E-state index contributed by atoms with van der Waals surface area (Å²) in [6, 6.07) is 16.7. The lowest BCUT2D eigenvalue weighted by molar-refractivity contribution is 0.0950. The highest BCUT2D eigenvalue weighted by atomic mass is 16.5. The van der Waals surface area contributed by atoms with Crippen molar-refractivity contribution in [2.45, 2.75) is 26.6 Å². The summed E-state index contributed by atoms with van der Waals surface area (Å²) >= 11 is 0. The molecule has 6 nitrogen and oxygen atoms in total. The molecule has 6 heteroatoms. The van der Waals surface area contributed by atoms with E-state index in [0.717, 1.165) is 29.3 Å². The fraction of sp³-hybridized carbons (Fsp3) is 0.238. The number of aryl methyl sites for hydroxylation is 1. The van der Waals surface area contributed by atoms with Crippen LogP contribution in [0, 0.1) is 0 Å². The van der Waals surface area contributed by atoms with Crippen LogP contribution in [-0.4, -0.2) is 22.8 Å². The van der Waals surface area contributed by atoms with Gasteiger partial charge >= 0.3 is 0 Å². The first-order chi connectivity index (χ1) is 13.2. The van der Waals surface area contributed by atoms with Gasteiger partial charge in [0.2, 0.25) is 0 Å². The molecule has 1 aromatic heterocycles. The van der Waals surface area contributed by atoms with Crippen molar-refractivity contribution in [3.05, 3.63) is 77.6 Å². The van der Waals surface area contributed by atoms with Crippen molar-refractivity contribution in [3.8, 4) is 11.5 Å². The van der Waals surface area contributed by atoms with E-state index in [4.69, 9.17) is 9.47 Å². The van der Waals surface area contributed by atoms with Crippen molar-refractivity contribution in [1.82, 2.24) is 15.1 Å². The minimum atomic E-state index is -0.122. The molecule has 0 unspecified atom stereocenters. The molecule has 0 saturated heterocycles. The fourth-order valence-electron chi connectivity index (χ4n) is 2.54. The summed E-state index contributed by atoms with van der Waals surface area (Å²) in [7, 11) is 1.63. The van der Waals surface area contributed by atoms with Gasteiger partial charge in [0.25, 0.3) is 5.91 Å². The van der Waals surface area contributed by atoms with Crippen LogP contribution in [-0.2, 0) is 19.7 Å². The lowest BCUT2D eigenvalue weighted by Gasteiger charge is -2.08. The van der Waals surface area contributed by atoms with Crippen LogP contribution in [0.2, 0.25) is 0 Å². The third-order valence-corrected chi connectivity index (χ3v) is 4.13. The first kappa shape index (κ1) is 18.5. The molecule has 0 atom stereocenters. The minimum Gasteiger partial charge on any atom is -0.497 e. The van der Waals surface area contributed by atoms with Crippen LogP contribution in [0.25, 0.3) is 0 Å². The summed E-state index contributed by atoms with van der Waals surface area (Å²) in [6.07, 6.45) is 1.90. The van der Waals surface area contributed by atoms with Crippen LogP contribution < -0.4 is 14.8 Å². The molecule has 3 aromatic rings. The zero-order valence-electron chi connectivity index (χ0n) is 15.5. The number of ether oxygens (including phenoxy) is 2. The summed E-state index contributed by atoms with van der Waals surface area (Å²) in [6.45, 7) is 3.68. The normalized spacial score (nSPS) is 10.4. The highest BCUT2D eigenvalue weighted by Gasteiger charge is 2.07. The van der Waals surface area contributed by atoms with Gasteiger partial charge in [0.1, 0.15) is 18.1 Å². The lowest BCUT2D eigenvalue weighted by Crippen LogP contribution is -2.23. The number of carbonyl (C=O) groups excluding carboxylic acids is 1. The van der Waals surface area contributed by atoms with Gasteiger partial charge < -0.3 is 14.8 Å². The number of aromatic nitrogens is 2. The molecule has 0 aliphatic rings. The number of amides is 1. The smallest absolute Gasteiger partial charge is 0.251 e. The maximum Gasteiger partial charge on any atom is 0.251 e. The molecular formula is C21H23N3O3. The number of benzene rings is 2. The maximum absolute atomic E-state index is 12.3. The van der Waals surface area contributed by atoms with E-state index >= 15 is 0 Å². The van der Waals surface area contributed by atoms with E-state index in [0.29, 0.717) is 18.7 Å². The molecule has 0 spiro atoms. The predicted octanol–water partition coefficient (Wildman–Crippen LogP) is 3.42. The number of hydrogen-bond acceptors (Lipinski definition) is 4. The Morgan fingerprint density at radius 3 is 2.37 bits per heavy atom. The summed E-state index contributed by atoms with van der Waals surface area (Å²) in [5, 5.41) is 7.23. The number of methoxy groups -OCH3 is 1. The monoisotopic (exact) mass is 365 g/mol. The summed E-state index contributed by atoms with van der Waals surface area (Å²) in [5.74, 6) is 1.44. The Labute approximate surface area is 158 Å².